The molecule has 0 atom stereocenters. The third kappa shape index (κ3) is 3.07. The van der Waals surface area contributed by atoms with Crippen LogP contribution in [0.3, 0.4) is 0 Å². The summed E-state index contributed by atoms with van der Waals surface area (Å²) in [5, 5.41) is 0. The second-order valence-electron chi connectivity index (χ2n) is 3.52. The Morgan fingerprint density at radius 3 is 2.18 bits per heavy atom. The second kappa shape index (κ2) is 5.01. The van der Waals surface area contributed by atoms with Gasteiger partial charge in [-0.2, -0.15) is 0 Å². The Morgan fingerprint density at radius 2 is 1.59 bits per heavy atom. The third-order valence-corrected chi connectivity index (χ3v) is 2.54. The Hall–Kier alpha value is -1.81. The van der Waals surface area contributed by atoms with Gasteiger partial charge in [-0.05, 0) is 36.4 Å². The molecular formula is C13H11FN2S. The molecule has 0 saturated carbocycles. The van der Waals surface area contributed by atoms with Crippen molar-refractivity contribution in [3.05, 3.63) is 59.9 Å². The standard InChI is InChI=1S/C13H11FN2S/c14-10-3-5-11(6-4-10)16-13(15)9-1-7-12(17)8-2-9/h1-8,17H,(H2,15,16). The van der Waals surface area contributed by atoms with E-state index in [0.29, 0.717) is 11.5 Å². The van der Waals surface area contributed by atoms with Crippen molar-refractivity contribution in [2.75, 3.05) is 0 Å². The van der Waals surface area contributed by atoms with Crippen LogP contribution in [-0.2, 0) is 0 Å². The lowest BCUT2D eigenvalue weighted by molar-refractivity contribution is 0.628. The minimum Gasteiger partial charge on any atom is -0.383 e. The number of benzene rings is 2. The predicted octanol–water partition coefficient (Wildman–Crippen LogP) is 3.15. The van der Waals surface area contributed by atoms with Crippen molar-refractivity contribution in [2.45, 2.75) is 4.90 Å². The van der Waals surface area contributed by atoms with Crippen molar-refractivity contribution in [2.24, 2.45) is 10.7 Å². The van der Waals surface area contributed by atoms with Gasteiger partial charge in [0.15, 0.2) is 0 Å². The molecular weight excluding hydrogens is 235 g/mol. The molecule has 17 heavy (non-hydrogen) atoms. The van der Waals surface area contributed by atoms with E-state index in [1.165, 1.54) is 12.1 Å². The molecule has 0 heterocycles. The third-order valence-electron chi connectivity index (χ3n) is 2.24. The summed E-state index contributed by atoms with van der Waals surface area (Å²) >= 11 is 4.19. The summed E-state index contributed by atoms with van der Waals surface area (Å²) in [7, 11) is 0. The van der Waals surface area contributed by atoms with Crippen LogP contribution < -0.4 is 5.73 Å². The number of rotatable bonds is 2. The first kappa shape index (κ1) is 11.7. The minimum absolute atomic E-state index is 0.290. The first-order valence-electron chi connectivity index (χ1n) is 5.04. The fourth-order valence-electron chi connectivity index (χ4n) is 1.35. The number of aliphatic imine (C=N–C) groups is 1. The van der Waals surface area contributed by atoms with E-state index >= 15 is 0 Å². The Kier molecular flexibility index (Phi) is 3.44. The summed E-state index contributed by atoms with van der Waals surface area (Å²) in [6, 6.07) is 13.2. The van der Waals surface area contributed by atoms with E-state index in [9.17, 15) is 4.39 Å². The van der Waals surface area contributed by atoms with Crippen LogP contribution in [-0.4, -0.2) is 5.84 Å². The van der Waals surface area contributed by atoms with Gasteiger partial charge in [-0.3, -0.25) is 0 Å². The first-order chi connectivity index (χ1) is 8.15. The zero-order valence-electron chi connectivity index (χ0n) is 8.97. The molecule has 0 aliphatic rings. The fourth-order valence-corrected chi connectivity index (χ4v) is 1.50. The van der Waals surface area contributed by atoms with Gasteiger partial charge in [0, 0.05) is 10.5 Å². The van der Waals surface area contributed by atoms with E-state index in [-0.39, 0.29) is 5.82 Å². The zero-order valence-corrected chi connectivity index (χ0v) is 9.86. The number of amidine groups is 1. The van der Waals surface area contributed by atoms with Crippen LogP contribution in [0.4, 0.5) is 10.1 Å². The monoisotopic (exact) mass is 246 g/mol. The lowest BCUT2D eigenvalue weighted by atomic mass is 10.2. The molecule has 0 spiro atoms. The van der Waals surface area contributed by atoms with Gasteiger partial charge in [0.05, 0.1) is 5.69 Å². The highest BCUT2D eigenvalue weighted by Gasteiger charge is 1.98. The van der Waals surface area contributed by atoms with Crippen LogP contribution in [0.5, 0.6) is 0 Å². The topological polar surface area (TPSA) is 38.4 Å². The van der Waals surface area contributed by atoms with Crippen LogP contribution in [0.15, 0.2) is 58.4 Å². The number of hydrogen-bond donors (Lipinski definition) is 2. The summed E-state index contributed by atoms with van der Waals surface area (Å²) < 4.78 is 12.7. The average molecular weight is 246 g/mol. The Morgan fingerprint density at radius 1 is 1.00 bits per heavy atom. The summed E-state index contributed by atoms with van der Waals surface area (Å²) in [5.74, 6) is 0.104. The summed E-state index contributed by atoms with van der Waals surface area (Å²) in [6.45, 7) is 0. The molecule has 2 rings (SSSR count). The van der Waals surface area contributed by atoms with Crippen molar-refractivity contribution < 1.29 is 4.39 Å². The number of nitrogens with two attached hydrogens (primary N) is 1. The molecule has 86 valence electrons. The number of halogens is 1. The first-order valence-corrected chi connectivity index (χ1v) is 5.49. The highest BCUT2D eigenvalue weighted by Crippen LogP contribution is 2.14. The molecule has 0 aromatic heterocycles. The fraction of sp³-hybridized carbons (Fsp3) is 0. The Labute approximate surface area is 104 Å². The maximum Gasteiger partial charge on any atom is 0.131 e. The van der Waals surface area contributed by atoms with E-state index in [1.807, 2.05) is 24.3 Å². The molecule has 0 bridgehead atoms. The van der Waals surface area contributed by atoms with E-state index < -0.39 is 0 Å². The molecule has 2 N–H and O–H groups in total. The maximum atomic E-state index is 12.7. The van der Waals surface area contributed by atoms with Gasteiger partial charge in [-0.15, -0.1) is 12.6 Å². The largest absolute Gasteiger partial charge is 0.383 e. The van der Waals surface area contributed by atoms with Crippen LogP contribution in [0.1, 0.15) is 5.56 Å². The average Bonchev–Trinajstić information content (AvgIpc) is 2.33. The Balaban J connectivity index is 2.27. The van der Waals surface area contributed by atoms with Gasteiger partial charge < -0.3 is 5.73 Å². The van der Waals surface area contributed by atoms with Crippen molar-refractivity contribution in [3.8, 4) is 0 Å². The van der Waals surface area contributed by atoms with Crippen molar-refractivity contribution in [3.63, 3.8) is 0 Å². The van der Waals surface area contributed by atoms with E-state index in [1.54, 1.807) is 12.1 Å². The molecule has 0 saturated heterocycles. The quantitative estimate of drug-likeness (QED) is 0.477. The summed E-state index contributed by atoms with van der Waals surface area (Å²) in [4.78, 5) is 5.07. The van der Waals surface area contributed by atoms with Gasteiger partial charge in [0.2, 0.25) is 0 Å². The van der Waals surface area contributed by atoms with Crippen LogP contribution >= 0.6 is 12.6 Å². The van der Waals surface area contributed by atoms with Crippen molar-refractivity contribution in [1.82, 2.24) is 0 Å². The lowest BCUT2D eigenvalue weighted by Crippen LogP contribution is -2.12. The highest BCUT2D eigenvalue weighted by molar-refractivity contribution is 7.80. The van der Waals surface area contributed by atoms with Gasteiger partial charge >= 0.3 is 0 Å². The minimum atomic E-state index is -0.290. The molecule has 4 heteroatoms. The van der Waals surface area contributed by atoms with Crippen molar-refractivity contribution >= 4 is 24.2 Å². The van der Waals surface area contributed by atoms with Crippen LogP contribution in [0, 0.1) is 5.82 Å². The van der Waals surface area contributed by atoms with Crippen LogP contribution in [0.25, 0.3) is 0 Å². The van der Waals surface area contributed by atoms with Crippen molar-refractivity contribution in [1.29, 1.82) is 0 Å². The molecule has 2 aromatic rings. The normalized spacial score (nSPS) is 11.5. The molecule has 2 nitrogen and oxygen atoms in total. The van der Waals surface area contributed by atoms with Crippen LogP contribution in [0.2, 0.25) is 0 Å². The highest BCUT2D eigenvalue weighted by atomic mass is 32.1. The Bertz CT molecular complexity index is 532. The smallest absolute Gasteiger partial charge is 0.131 e. The van der Waals surface area contributed by atoms with Gasteiger partial charge in [-0.1, -0.05) is 12.1 Å². The zero-order chi connectivity index (χ0) is 12.3. The molecule has 0 unspecified atom stereocenters. The maximum absolute atomic E-state index is 12.7. The van der Waals surface area contributed by atoms with Gasteiger partial charge in [0.25, 0.3) is 0 Å². The summed E-state index contributed by atoms with van der Waals surface area (Å²) in [5.41, 5.74) is 7.28. The lowest BCUT2D eigenvalue weighted by Gasteiger charge is -2.01. The molecule has 2 aromatic carbocycles. The molecule has 0 aliphatic heterocycles. The van der Waals surface area contributed by atoms with E-state index in [2.05, 4.69) is 17.6 Å². The molecule has 0 aliphatic carbocycles. The van der Waals surface area contributed by atoms with E-state index in [0.717, 1.165) is 10.5 Å². The van der Waals surface area contributed by atoms with E-state index in [4.69, 9.17) is 5.73 Å². The van der Waals surface area contributed by atoms with Gasteiger partial charge in [0.1, 0.15) is 11.7 Å². The number of thiol groups is 1. The number of hydrogen-bond acceptors (Lipinski definition) is 2. The molecule has 0 radical (unpaired) electrons. The predicted molar refractivity (Wildman–Crippen MR) is 70.5 cm³/mol. The summed E-state index contributed by atoms with van der Waals surface area (Å²) in [6.07, 6.45) is 0. The molecule has 0 amide bonds. The number of nitrogens with zero attached hydrogens (tertiary/aromatic N) is 1. The SMILES string of the molecule is NC(=Nc1ccc(F)cc1)c1ccc(S)cc1. The second-order valence-corrected chi connectivity index (χ2v) is 4.04. The van der Waals surface area contributed by atoms with Gasteiger partial charge in [-0.25, -0.2) is 9.38 Å². The molecule has 0 fully saturated rings.